The first-order valence-corrected chi connectivity index (χ1v) is 18.3. The molecule has 1 heterocycles. The summed E-state index contributed by atoms with van der Waals surface area (Å²) in [5.74, 6) is 1.39. The second-order valence-corrected chi connectivity index (χ2v) is 14.1. The van der Waals surface area contributed by atoms with Crippen molar-refractivity contribution in [2.45, 2.75) is 71.3 Å². The number of nitrogens with zero attached hydrogens (tertiary/aromatic N) is 4. The van der Waals surface area contributed by atoms with Crippen molar-refractivity contribution in [2.75, 3.05) is 11.9 Å². The molecule has 0 aliphatic heterocycles. The van der Waals surface area contributed by atoms with Gasteiger partial charge in [-0.3, -0.25) is 14.4 Å². The number of carboxylic acids is 1. The molecule has 2 aliphatic rings. The zero-order valence-corrected chi connectivity index (χ0v) is 29.6. The Morgan fingerprint density at radius 3 is 2.25 bits per heavy atom. The first-order chi connectivity index (χ1) is 25.3. The van der Waals surface area contributed by atoms with E-state index in [4.69, 9.17) is 5.26 Å². The van der Waals surface area contributed by atoms with Crippen LogP contribution in [0.25, 0.3) is 17.0 Å². The van der Waals surface area contributed by atoms with Crippen LogP contribution in [0.4, 0.5) is 5.69 Å². The molecule has 1 fully saturated rings. The van der Waals surface area contributed by atoms with E-state index in [9.17, 15) is 19.5 Å². The van der Waals surface area contributed by atoms with Crippen LogP contribution < -0.4 is 5.32 Å². The van der Waals surface area contributed by atoms with E-state index < -0.39 is 18.4 Å². The van der Waals surface area contributed by atoms with Crippen molar-refractivity contribution < 1.29 is 19.5 Å². The second kappa shape index (κ2) is 17.1. The summed E-state index contributed by atoms with van der Waals surface area (Å²) in [5, 5.41) is 21.5. The predicted octanol–water partition coefficient (Wildman–Crippen LogP) is 8.32. The molecular formula is C43H45N5O4. The Morgan fingerprint density at radius 1 is 0.885 bits per heavy atom. The van der Waals surface area contributed by atoms with Gasteiger partial charge in [0.15, 0.2) is 5.82 Å². The number of rotatable bonds is 12. The van der Waals surface area contributed by atoms with Crippen LogP contribution in [-0.2, 0) is 22.6 Å². The molecule has 9 nitrogen and oxygen atoms in total. The number of aliphatic carboxylic acids is 1. The molecule has 1 atom stereocenters. The van der Waals surface area contributed by atoms with Gasteiger partial charge in [-0.2, -0.15) is 5.26 Å². The van der Waals surface area contributed by atoms with Gasteiger partial charge in [-0.25, -0.2) is 9.97 Å². The Labute approximate surface area is 305 Å². The second-order valence-electron chi connectivity index (χ2n) is 14.1. The van der Waals surface area contributed by atoms with Gasteiger partial charge in [-0.15, -0.1) is 0 Å². The number of carboxylic acid groups (broad SMARTS) is 1. The van der Waals surface area contributed by atoms with Gasteiger partial charge >= 0.3 is 5.97 Å². The summed E-state index contributed by atoms with van der Waals surface area (Å²) in [4.78, 5) is 48.3. The highest BCUT2D eigenvalue weighted by Crippen LogP contribution is 2.41. The quantitative estimate of drug-likeness (QED) is 0.152. The Morgan fingerprint density at radius 2 is 1.62 bits per heavy atom. The lowest BCUT2D eigenvalue weighted by Crippen LogP contribution is -2.35. The predicted molar refractivity (Wildman–Crippen MR) is 201 cm³/mol. The summed E-state index contributed by atoms with van der Waals surface area (Å²) < 4.78 is 0. The summed E-state index contributed by atoms with van der Waals surface area (Å²) in [6.45, 7) is 1.95. The molecule has 4 aromatic rings. The third-order valence-corrected chi connectivity index (χ3v) is 10.6. The van der Waals surface area contributed by atoms with Crippen LogP contribution in [0.1, 0.15) is 90.9 Å². The number of nitriles is 1. The normalized spacial score (nSPS) is 18.5. The summed E-state index contributed by atoms with van der Waals surface area (Å²) in [6.07, 6.45) is 16.7. The van der Waals surface area contributed by atoms with Gasteiger partial charge in [0.05, 0.1) is 18.1 Å². The van der Waals surface area contributed by atoms with E-state index in [1.807, 2.05) is 36.7 Å². The minimum absolute atomic E-state index is 0.0946. The van der Waals surface area contributed by atoms with Gasteiger partial charge in [0.1, 0.15) is 6.54 Å². The van der Waals surface area contributed by atoms with Crippen LogP contribution in [0, 0.1) is 29.1 Å². The monoisotopic (exact) mass is 695 g/mol. The maximum absolute atomic E-state index is 13.4. The van der Waals surface area contributed by atoms with E-state index in [1.165, 1.54) is 49.0 Å². The molecular weight excluding hydrogens is 651 g/mol. The summed E-state index contributed by atoms with van der Waals surface area (Å²) in [6, 6.07) is 22.7. The van der Waals surface area contributed by atoms with Crippen molar-refractivity contribution in [3.8, 4) is 17.5 Å². The van der Waals surface area contributed by atoms with Crippen molar-refractivity contribution in [2.24, 2.45) is 17.8 Å². The van der Waals surface area contributed by atoms with E-state index in [1.54, 1.807) is 48.5 Å². The third-order valence-electron chi connectivity index (χ3n) is 10.6. The maximum atomic E-state index is 13.4. The number of amides is 2. The standard InChI is InChI=1S/C43H45N5O4/c1-2-29-6-10-33(11-7-29)34-14-16-35(17-15-34)38-25-45-42(46-26-38)36-12-8-30(9-13-36)27-48(28-41(50)51)43(52)37-18-20-39(21-19-37)47-40(49)23-31-4-3-5-32(22-31)24-44/h3-5,8-9,12-13,16,18-22,25-26,29,33-34H,2,6-7,10-11,14-15,17,23,27-28H2,1H3,(H,47,49)(H,50,51). The van der Waals surface area contributed by atoms with Crippen LogP contribution in [-0.4, -0.2) is 44.3 Å². The summed E-state index contributed by atoms with van der Waals surface area (Å²) in [5.41, 5.74) is 6.01. The van der Waals surface area contributed by atoms with Crippen LogP contribution in [0.3, 0.4) is 0 Å². The summed E-state index contributed by atoms with van der Waals surface area (Å²) in [7, 11) is 0. The molecule has 6 rings (SSSR count). The Hall–Kier alpha value is -5.62. The fraction of sp³-hybridized carbons (Fsp3) is 0.349. The molecule has 1 saturated carbocycles. The van der Waals surface area contributed by atoms with Crippen molar-refractivity contribution in [1.82, 2.24) is 14.9 Å². The van der Waals surface area contributed by atoms with Crippen LogP contribution in [0.15, 0.2) is 91.3 Å². The number of hydrogen-bond acceptors (Lipinski definition) is 6. The number of benzene rings is 3. The van der Waals surface area contributed by atoms with Crippen LogP contribution >= 0.6 is 0 Å². The number of aromatic nitrogens is 2. The average Bonchev–Trinajstić information content (AvgIpc) is 3.18. The van der Waals surface area contributed by atoms with Gasteiger partial charge in [-0.1, -0.05) is 68.7 Å². The lowest BCUT2D eigenvalue weighted by molar-refractivity contribution is -0.137. The van der Waals surface area contributed by atoms with E-state index >= 15 is 0 Å². The number of allylic oxidation sites excluding steroid dienone is 2. The van der Waals surface area contributed by atoms with Gasteiger partial charge in [0.2, 0.25) is 5.91 Å². The maximum Gasteiger partial charge on any atom is 0.323 e. The first kappa shape index (κ1) is 36.2. The smallest absolute Gasteiger partial charge is 0.323 e. The molecule has 2 aliphatic carbocycles. The van der Waals surface area contributed by atoms with Crippen molar-refractivity contribution in [1.29, 1.82) is 5.26 Å². The van der Waals surface area contributed by atoms with Crippen molar-refractivity contribution >= 4 is 29.0 Å². The molecule has 1 aromatic heterocycles. The molecule has 2 N–H and O–H groups in total. The number of carbonyl (C=O) groups excluding carboxylic acids is 2. The van der Waals surface area contributed by atoms with E-state index in [-0.39, 0.29) is 18.9 Å². The van der Waals surface area contributed by atoms with Crippen LogP contribution in [0.2, 0.25) is 0 Å². The minimum atomic E-state index is -1.12. The fourth-order valence-electron chi connectivity index (χ4n) is 7.62. The molecule has 3 aromatic carbocycles. The number of hydrogen-bond donors (Lipinski definition) is 2. The van der Waals surface area contributed by atoms with Crippen molar-refractivity contribution in [3.63, 3.8) is 0 Å². The largest absolute Gasteiger partial charge is 0.480 e. The molecule has 0 bridgehead atoms. The number of anilines is 1. The topological polar surface area (TPSA) is 136 Å². The first-order valence-electron chi connectivity index (χ1n) is 18.3. The highest BCUT2D eigenvalue weighted by molar-refractivity contribution is 5.97. The molecule has 0 saturated heterocycles. The molecule has 2 amide bonds. The van der Waals surface area contributed by atoms with Gasteiger partial charge in [0.25, 0.3) is 5.91 Å². The van der Waals surface area contributed by atoms with E-state index in [0.29, 0.717) is 28.2 Å². The highest BCUT2D eigenvalue weighted by atomic mass is 16.4. The Kier molecular flexibility index (Phi) is 11.9. The van der Waals surface area contributed by atoms with Gasteiger partial charge in [-0.05, 0) is 103 Å². The average molecular weight is 696 g/mol. The number of nitrogens with one attached hydrogen (secondary N) is 1. The van der Waals surface area contributed by atoms with E-state index in [2.05, 4.69) is 34.4 Å². The highest BCUT2D eigenvalue weighted by Gasteiger charge is 2.28. The molecule has 9 heteroatoms. The Balaban J connectivity index is 1.04. The molecule has 0 radical (unpaired) electrons. The third kappa shape index (κ3) is 9.38. The van der Waals surface area contributed by atoms with Crippen LogP contribution in [0.5, 0.6) is 0 Å². The van der Waals surface area contributed by atoms with Gasteiger partial charge in [0, 0.05) is 41.3 Å². The zero-order valence-electron chi connectivity index (χ0n) is 29.6. The van der Waals surface area contributed by atoms with E-state index in [0.717, 1.165) is 47.3 Å². The SMILES string of the molecule is CCC1CCC(C2CC=C(c3cnc(-c4ccc(CN(CC(=O)O)C(=O)c5ccc(NC(=O)Cc6cccc(C#N)c6)cc5)cc4)nc3)CC2)CC1. The minimum Gasteiger partial charge on any atom is -0.480 e. The van der Waals surface area contributed by atoms with Gasteiger partial charge < -0.3 is 15.3 Å². The number of carbonyl (C=O) groups is 3. The Bertz CT molecular complexity index is 1940. The zero-order chi connectivity index (χ0) is 36.5. The van der Waals surface area contributed by atoms with Crippen molar-refractivity contribution in [3.05, 3.63) is 119 Å². The molecule has 52 heavy (non-hydrogen) atoms. The molecule has 266 valence electrons. The molecule has 0 spiro atoms. The lowest BCUT2D eigenvalue weighted by Gasteiger charge is -2.35. The molecule has 1 unspecified atom stereocenters. The summed E-state index contributed by atoms with van der Waals surface area (Å²) >= 11 is 0. The lowest BCUT2D eigenvalue weighted by atomic mass is 9.71. The fourth-order valence-corrected chi connectivity index (χ4v) is 7.62.